The topological polar surface area (TPSA) is 189 Å². The summed E-state index contributed by atoms with van der Waals surface area (Å²) >= 11 is 0. The fraction of sp³-hybridized carbons (Fsp3) is 0. The zero-order valence-electron chi connectivity index (χ0n) is 4.12. The van der Waals surface area contributed by atoms with Gasteiger partial charge in [0.25, 0.3) is 0 Å². The monoisotopic (exact) mass is 168 g/mol. The molecule has 0 rings (SSSR count). The van der Waals surface area contributed by atoms with Gasteiger partial charge in [0.05, 0.1) is 0 Å². The van der Waals surface area contributed by atoms with Gasteiger partial charge < -0.3 is 32.9 Å². The van der Waals surface area contributed by atoms with E-state index in [0.29, 0.717) is 0 Å². The molecule has 0 spiro atoms. The SMILES string of the molecule is Cl.O.O.O.O.O.O.[Mg+2]. The van der Waals surface area contributed by atoms with Crippen LogP contribution in [0.2, 0.25) is 0 Å². The van der Waals surface area contributed by atoms with Crippen LogP contribution in [-0.4, -0.2) is 55.9 Å². The predicted octanol–water partition coefficient (Wildman–Crippen LogP) is -4.91. The number of hydrogen-bond acceptors (Lipinski definition) is 0. The third-order valence-corrected chi connectivity index (χ3v) is 0. The van der Waals surface area contributed by atoms with Crippen LogP contribution in [0.4, 0.5) is 0 Å². The van der Waals surface area contributed by atoms with E-state index in [9.17, 15) is 0 Å². The van der Waals surface area contributed by atoms with Crippen molar-refractivity contribution in [3.8, 4) is 0 Å². The van der Waals surface area contributed by atoms with Gasteiger partial charge in [0.1, 0.15) is 0 Å². The van der Waals surface area contributed by atoms with Gasteiger partial charge in [-0.05, 0) is 0 Å². The van der Waals surface area contributed by atoms with Gasteiger partial charge in [0.15, 0.2) is 0 Å². The Morgan fingerprint density at radius 2 is 0.375 bits per heavy atom. The molecule has 0 bridgehead atoms. The van der Waals surface area contributed by atoms with Crippen LogP contribution >= 0.6 is 12.4 Å². The van der Waals surface area contributed by atoms with Crippen molar-refractivity contribution in [2.24, 2.45) is 0 Å². The molecule has 56 valence electrons. The van der Waals surface area contributed by atoms with Crippen molar-refractivity contribution in [1.29, 1.82) is 0 Å². The standard InChI is InChI=1S/ClH.Mg.6H2O/h1H;;6*1H2/q;+2;;;;;;. The minimum atomic E-state index is 0. The summed E-state index contributed by atoms with van der Waals surface area (Å²) < 4.78 is 0. The molecule has 0 aliphatic carbocycles. The second-order valence-corrected chi connectivity index (χ2v) is 0. The Bertz CT molecular complexity index is 8.49. The Hall–Kier alpha value is 0.816. The maximum absolute atomic E-state index is 0. The molecule has 0 saturated carbocycles. The van der Waals surface area contributed by atoms with Gasteiger partial charge in [-0.2, -0.15) is 0 Å². The first-order valence-corrected chi connectivity index (χ1v) is 0. The van der Waals surface area contributed by atoms with Crippen LogP contribution < -0.4 is 0 Å². The first-order chi connectivity index (χ1) is 0. The fourth-order valence-corrected chi connectivity index (χ4v) is 0. The number of rotatable bonds is 0. The molecule has 0 aromatic heterocycles. The van der Waals surface area contributed by atoms with Gasteiger partial charge >= 0.3 is 23.1 Å². The quantitative estimate of drug-likeness (QED) is 0.314. The summed E-state index contributed by atoms with van der Waals surface area (Å²) in [4.78, 5) is 0. The molecule has 0 saturated heterocycles. The summed E-state index contributed by atoms with van der Waals surface area (Å²) in [5.41, 5.74) is 0. The Morgan fingerprint density at radius 3 is 0.375 bits per heavy atom. The predicted molar refractivity (Wildman–Crippen MR) is 34.7 cm³/mol. The van der Waals surface area contributed by atoms with Crippen LogP contribution in [0.1, 0.15) is 0 Å². The second-order valence-electron chi connectivity index (χ2n) is 0. The van der Waals surface area contributed by atoms with E-state index in [2.05, 4.69) is 0 Å². The van der Waals surface area contributed by atoms with Gasteiger partial charge in [-0.3, -0.25) is 0 Å². The summed E-state index contributed by atoms with van der Waals surface area (Å²) in [6.45, 7) is 0. The van der Waals surface area contributed by atoms with Crippen molar-refractivity contribution in [1.82, 2.24) is 0 Å². The van der Waals surface area contributed by atoms with Crippen molar-refractivity contribution in [2.75, 3.05) is 0 Å². The van der Waals surface area contributed by atoms with Crippen LogP contribution in [0.3, 0.4) is 0 Å². The minimum absolute atomic E-state index is 0. The van der Waals surface area contributed by atoms with E-state index in [1.54, 1.807) is 0 Å². The molecule has 8 heavy (non-hydrogen) atoms. The maximum Gasteiger partial charge on any atom is 2.00 e. The molecule has 0 fully saturated rings. The summed E-state index contributed by atoms with van der Waals surface area (Å²) in [5.74, 6) is 0. The van der Waals surface area contributed by atoms with Crippen molar-refractivity contribution in [2.45, 2.75) is 0 Å². The molecule has 0 radical (unpaired) electrons. The molecule has 0 aliphatic rings. The minimum Gasteiger partial charge on any atom is -0.412 e. The third-order valence-electron chi connectivity index (χ3n) is 0. The maximum atomic E-state index is 0. The van der Waals surface area contributed by atoms with E-state index >= 15 is 0 Å². The third kappa shape index (κ3) is 346. The van der Waals surface area contributed by atoms with E-state index in [4.69, 9.17) is 0 Å². The average Bonchev–Trinajstić information content (AvgIpc) is 0. The molecular formula is H13ClMgO6+2. The van der Waals surface area contributed by atoms with E-state index in [1.165, 1.54) is 0 Å². The Labute approximate surface area is 68.7 Å². The van der Waals surface area contributed by atoms with Crippen molar-refractivity contribution in [3.05, 3.63) is 0 Å². The van der Waals surface area contributed by atoms with Gasteiger partial charge in [-0.15, -0.1) is 12.4 Å². The average molecular weight is 169 g/mol. The molecule has 12 N–H and O–H groups in total. The first kappa shape index (κ1) is 808. The summed E-state index contributed by atoms with van der Waals surface area (Å²) in [5, 5.41) is 0. The molecule has 0 aliphatic heterocycles. The molecule has 0 atom stereocenters. The van der Waals surface area contributed by atoms with Crippen molar-refractivity contribution >= 4 is 35.5 Å². The Morgan fingerprint density at radius 1 is 0.375 bits per heavy atom. The fourth-order valence-electron chi connectivity index (χ4n) is 0. The van der Waals surface area contributed by atoms with Crippen LogP contribution in [0.25, 0.3) is 0 Å². The first-order valence-electron chi connectivity index (χ1n) is 0. The van der Waals surface area contributed by atoms with Crippen LogP contribution in [0.15, 0.2) is 0 Å². The number of halogens is 1. The van der Waals surface area contributed by atoms with E-state index in [-0.39, 0.29) is 68.3 Å². The molecule has 6 nitrogen and oxygen atoms in total. The second kappa shape index (κ2) is 545. The molecule has 0 heterocycles. The zero-order chi connectivity index (χ0) is 0. The van der Waals surface area contributed by atoms with E-state index in [1.807, 2.05) is 0 Å². The molecule has 0 unspecified atom stereocenters. The molecule has 0 aromatic rings. The van der Waals surface area contributed by atoms with Gasteiger partial charge in [0.2, 0.25) is 0 Å². The summed E-state index contributed by atoms with van der Waals surface area (Å²) in [7, 11) is 0. The molecule has 0 amide bonds. The Balaban J connectivity index is 0. The number of hydrogen-bond donors (Lipinski definition) is 0. The van der Waals surface area contributed by atoms with Crippen LogP contribution in [-0.2, 0) is 0 Å². The molecule has 0 aromatic carbocycles. The summed E-state index contributed by atoms with van der Waals surface area (Å²) in [6, 6.07) is 0. The van der Waals surface area contributed by atoms with Gasteiger partial charge in [-0.1, -0.05) is 0 Å². The molecule has 8 heteroatoms. The largest absolute Gasteiger partial charge is 2.00 e. The van der Waals surface area contributed by atoms with Gasteiger partial charge in [-0.25, -0.2) is 0 Å². The van der Waals surface area contributed by atoms with E-state index in [0.717, 1.165) is 0 Å². The molecular weight excluding hydrogens is 156 g/mol. The smallest absolute Gasteiger partial charge is 0.412 e. The normalized spacial score (nSPS) is 0. The van der Waals surface area contributed by atoms with Gasteiger partial charge in [0, 0.05) is 0 Å². The Kier molecular flexibility index (Phi) is 55100. The van der Waals surface area contributed by atoms with Crippen LogP contribution in [0.5, 0.6) is 0 Å². The summed E-state index contributed by atoms with van der Waals surface area (Å²) in [6.07, 6.45) is 0. The van der Waals surface area contributed by atoms with Crippen molar-refractivity contribution < 1.29 is 32.9 Å². The van der Waals surface area contributed by atoms with E-state index < -0.39 is 0 Å². The zero-order valence-corrected chi connectivity index (χ0v) is 6.35. The van der Waals surface area contributed by atoms with Crippen LogP contribution in [0, 0.1) is 0 Å². The van der Waals surface area contributed by atoms with Crippen molar-refractivity contribution in [3.63, 3.8) is 0 Å².